The van der Waals surface area contributed by atoms with Gasteiger partial charge in [0.05, 0.1) is 6.54 Å². The largest absolute Gasteiger partial charge is 0.310 e. The predicted octanol–water partition coefficient (Wildman–Crippen LogP) is 3.61. The minimum Gasteiger partial charge on any atom is -0.310 e. The lowest BCUT2D eigenvalue weighted by molar-refractivity contribution is 0.361. The molecule has 1 aromatic heterocycles. The fourth-order valence-electron chi connectivity index (χ4n) is 3.39. The minimum absolute atomic E-state index is 0.507. The highest BCUT2D eigenvalue weighted by molar-refractivity contribution is 4.81. The van der Waals surface area contributed by atoms with E-state index in [0.717, 1.165) is 12.5 Å². The van der Waals surface area contributed by atoms with E-state index in [4.69, 9.17) is 0 Å². The van der Waals surface area contributed by atoms with Crippen molar-refractivity contribution in [3.8, 4) is 0 Å². The van der Waals surface area contributed by atoms with Crippen LogP contribution in [-0.2, 0) is 6.54 Å². The molecule has 3 heteroatoms. The van der Waals surface area contributed by atoms with E-state index in [1.807, 2.05) is 23.1 Å². The summed E-state index contributed by atoms with van der Waals surface area (Å²) in [7, 11) is 0. The topological polar surface area (TPSA) is 29.9 Å². The van der Waals surface area contributed by atoms with Crippen LogP contribution >= 0.6 is 0 Å². The number of rotatable bonds is 6. The normalized spacial score (nSPS) is 26.0. The van der Waals surface area contributed by atoms with E-state index in [2.05, 4.69) is 24.3 Å². The van der Waals surface area contributed by atoms with Crippen molar-refractivity contribution in [2.24, 2.45) is 5.92 Å². The molecule has 1 aliphatic rings. The molecule has 0 aliphatic heterocycles. The van der Waals surface area contributed by atoms with E-state index in [-0.39, 0.29) is 0 Å². The van der Waals surface area contributed by atoms with Gasteiger partial charge in [-0.1, -0.05) is 32.6 Å². The maximum Gasteiger partial charge on any atom is 0.0560 e. The first kappa shape index (κ1) is 14.6. The average molecular weight is 263 g/mol. The van der Waals surface area contributed by atoms with Crippen LogP contribution < -0.4 is 5.32 Å². The van der Waals surface area contributed by atoms with Gasteiger partial charge in [-0.2, -0.15) is 5.10 Å². The molecule has 3 atom stereocenters. The number of nitrogens with zero attached hydrogens (tertiary/aromatic N) is 2. The highest BCUT2D eigenvalue weighted by Crippen LogP contribution is 2.26. The molecular weight excluding hydrogens is 234 g/mol. The Morgan fingerprint density at radius 3 is 2.95 bits per heavy atom. The van der Waals surface area contributed by atoms with E-state index in [1.54, 1.807) is 0 Å². The second kappa shape index (κ2) is 7.68. The quantitative estimate of drug-likeness (QED) is 0.795. The van der Waals surface area contributed by atoms with Crippen LogP contribution in [-0.4, -0.2) is 21.9 Å². The lowest BCUT2D eigenvalue weighted by Gasteiger charge is -2.22. The Bertz CT molecular complexity index is 334. The fraction of sp³-hybridized carbons (Fsp3) is 0.812. The van der Waals surface area contributed by atoms with Gasteiger partial charge in [-0.3, -0.25) is 4.68 Å². The molecule has 0 spiro atoms. The van der Waals surface area contributed by atoms with E-state index >= 15 is 0 Å². The van der Waals surface area contributed by atoms with Gasteiger partial charge < -0.3 is 5.32 Å². The summed E-state index contributed by atoms with van der Waals surface area (Å²) in [5.74, 6) is 0.984. The Morgan fingerprint density at radius 1 is 1.32 bits per heavy atom. The van der Waals surface area contributed by atoms with Crippen LogP contribution in [0.4, 0.5) is 0 Å². The third-order valence-electron chi connectivity index (χ3n) is 4.33. The summed E-state index contributed by atoms with van der Waals surface area (Å²) in [6, 6.07) is 3.22. The molecule has 0 amide bonds. The number of nitrogens with one attached hydrogen (secondary N) is 1. The molecule has 0 aromatic carbocycles. The van der Waals surface area contributed by atoms with Crippen molar-refractivity contribution in [1.29, 1.82) is 0 Å². The average Bonchev–Trinajstić information content (AvgIpc) is 2.78. The molecule has 2 rings (SSSR count). The van der Waals surface area contributed by atoms with Crippen LogP contribution in [0.5, 0.6) is 0 Å². The molecule has 1 fully saturated rings. The van der Waals surface area contributed by atoms with Crippen molar-refractivity contribution in [3.05, 3.63) is 18.5 Å². The SMILES string of the molecule is CCCC1CCCC(NC(C)Cn2cccn2)CC1. The second-order valence-corrected chi connectivity index (χ2v) is 6.16. The summed E-state index contributed by atoms with van der Waals surface area (Å²) in [5, 5.41) is 8.08. The van der Waals surface area contributed by atoms with Crippen molar-refractivity contribution in [2.45, 2.75) is 77.4 Å². The Morgan fingerprint density at radius 2 is 2.21 bits per heavy atom. The lowest BCUT2D eigenvalue weighted by atomic mass is 9.95. The van der Waals surface area contributed by atoms with Gasteiger partial charge in [0.2, 0.25) is 0 Å². The summed E-state index contributed by atoms with van der Waals surface area (Å²) < 4.78 is 2.02. The van der Waals surface area contributed by atoms with E-state index in [1.165, 1.54) is 44.9 Å². The van der Waals surface area contributed by atoms with Crippen LogP contribution in [0.15, 0.2) is 18.5 Å². The molecule has 0 radical (unpaired) electrons. The predicted molar refractivity (Wildman–Crippen MR) is 80.1 cm³/mol. The van der Waals surface area contributed by atoms with Crippen molar-refractivity contribution in [2.75, 3.05) is 0 Å². The van der Waals surface area contributed by atoms with Gasteiger partial charge in [-0.05, 0) is 38.2 Å². The Balaban J connectivity index is 1.73. The van der Waals surface area contributed by atoms with E-state index < -0.39 is 0 Å². The van der Waals surface area contributed by atoms with E-state index in [0.29, 0.717) is 12.1 Å². The van der Waals surface area contributed by atoms with E-state index in [9.17, 15) is 0 Å². The summed E-state index contributed by atoms with van der Waals surface area (Å²) >= 11 is 0. The molecule has 1 heterocycles. The number of hydrogen-bond donors (Lipinski definition) is 1. The second-order valence-electron chi connectivity index (χ2n) is 6.16. The summed E-state index contributed by atoms with van der Waals surface area (Å²) in [4.78, 5) is 0. The van der Waals surface area contributed by atoms with Gasteiger partial charge in [0.25, 0.3) is 0 Å². The highest BCUT2D eigenvalue weighted by atomic mass is 15.3. The van der Waals surface area contributed by atoms with Gasteiger partial charge in [0.1, 0.15) is 0 Å². The Hall–Kier alpha value is -0.830. The summed E-state index contributed by atoms with van der Waals surface area (Å²) in [5.41, 5.74) is 0. The van der Waals surface area contributed by atoms with Crippen LogP contribution in [0.25, 0.3) is 0 Å². The molecule has 1 N–H and O–H groups in total. The Labute approximate surface area is 117 Å². The van der Waals surface area contributed by atoms with Crippen molar-refractivity contribution >= 4 is 0 Å². The molecule has 1 saturated carbocycles. The van der Waals surface area contributed by atoms with Gasteiger partial charge in [0, 0.05) is 24.5 Å². The lowest BCUT2D eigenvalue weighted by Crippen LogP contribution is -2.38. The summed E-state index contributed by atoms with van der Waals surface area (Å²) in [6.45, 7) is 5.56. The third-order valence-corrected chi connectivity index (χ3v) is 4.33. The van der Waals surface area contributed by atoms with Gasteiger partial charge in [0.15, 0.2) is 0 Å². The van der Waals surface area contributed by atoms with Gasteiger partial charge in [-0.15, -0.1) is 0 Å². The standard InChI is InChI=1S/C16H29N3/c1-3-6-15-7-4-8-16(10-9-15)18-14(2)13-19-12-5-11-17-19/h5,11-12,14-16,18H,3-4,6-10,13H2,1-2H3. The highest BCUT2D eigenvalue weighted by Gasteiger charge is 2.19. The Kier molecular flexibility index (Phi) is 5.90. The van der Waals surface area contributed by atoms with Crippen LogP contribution in [0.1, 0.15) is 58.8 Å². The van der Waals surface area contributed by atoms with Gasteiger partial charge in [-0.25, -0.2) is 0 Å². The maximum absolute atomic E-state index is 4.28. The van der Waals surface area contributed by atoms with Crippen molar-refractivity contribution in [3.63, 3.8) is 0 Å². The first-order valence-electron chi connectivity index (χ1n) is 8.01. The zero-order valence-electron chi connectivity index (χ0n) is 12.5. The first-order valence-corrected chi connectivity index (χ1v) is 8.01. The molecule has 19 heavy (non-hydrogen) atoms. The molecule has 0 bridgehead atoms. The van der Waals surface area contributed by atoms with Crippen molar-refractivity contribution in [1.82, 2.24) is 15.1 Å². The molecular formula is C16H29N3. The third kappa shape index (κ3) is 4.98. The summed E-state index contributed by atoms with van der Waals surface area (Å²) in [6.07, 6.45) is 13.6. The molecule has 0 saturated heterocycles. The molecule has 1 aromatic rings. The maximum atomic E-state index is 4.28. The van der Waals surface area contributed by atoms with Crippen LogP contribution in [0.3, 0.4) is 0 Å². The van der Waals surface area contributed by atoms with Crippen LogP contribution in [0.2, 0.25) is 0 Å². The molecule has 3 nitrogen and oxygen atoms in total. The molecule has 1 aliphatic carbocycles. The molecule has 3 unspecified atom stereocenters. The number of hydrogen-bond acceptors (Lipinski definition) is 2. The monoisotopic (exact) mass is 263 g/mol. The zero-order valence-corrected chi connectivity index (χ0v) is 12.5. The minimum atomic E-state index is 0.507. The number of aromatic nitrogens is 2. The van der Waals surface area contributed by atoms with Crippen molar-refractivity contribution < 1.29 is 0 Å². The molecule has 108 valence electrons. The first-order chi connectivity index (χ1) is 9.28. The van der Waals surface area contributed by atoms with Gasteiger partial charge >= 0.3 is 0 Å². The zero-order chi connectivity index (χ0) is 13.5. The fourth-order valence-corrected chi connectivity index (χ4v) is 3.39. The smallest absolute Gasteiger partial charge is 0.0560 e. The van der Waals surface area contributed by atoms with Crippen LogP contribution in [0, 0.1) is 5.92 Å².